The highest BCUT2D eigenvalue weighted by Crippen LogP contribution is 2.16. The smallest absolute Gasteiger partial charge is 0.222 e. The van der Waals surface area contributed by atoms with Crippen molar-refractivity contribution < 1.29 is 4.79 Å². The molecule has 0 aliphatic rings. The molecule has 40 heavy (non-hydrogen) atoms. The Morgan fingerprint density at radius 2 is 0.575 bits per heavy atom. The average molecular weight is 564 g/mol. The summed E-state index contributed by atoms with van der Waals surface area (Å²) in [6.07, 6.45) is 45.3. The van der Waals surface area contributed by atoms with Crippen molar-refractivity contribution in [3.05, 3.63) is 0 Å². The van der Waals surface area contributed by atoms with E-state index in [1.54, 1.807) is 0 Å². The number of hydrogen-bond acceptors (Lipinski definition) is 1. The molecule has 0 radical (unpaired) electrons. The van der Waals surface area contributed by atoms with Gasteiger partial charge in [0.25, 0.3) is 0 Å². The molecule has 0 N–H and O–H groups in total. The lowest BCUT2D eigenvalue weighted by molar-refractivity contribution is -0.130. The first-order valence-corrected chi connectivity index (χ1v) is 19.0. The van der Waals surface area contributed by atoms with Gasteiger partial charge in [-0.25, -0.2) is 0 Å². The molecule has 0 fully saturated rings. The van der Waals surface area contributed by atoms with E-state index >= 15 is 0 Å². The molecule has 0 rings (SSSR count). The van der Waals surface area contributed by atoms with Crippen LogP contribution in [0.4, 0.5) is 0 Å². The minimum Gasteiger partial charge on any atom is -0.346 e. The van der Waals surface area contributed by atoms with Gasteiger partial charge in [0, 0.05) is 20.0 Å². The van der Waals surface area contributed by atoms with E-state index in [2.05, 4.69) is 13.8 Å². The molecule has 0 aromatic carbocycles. The average Bonchev–Trinajstić information content (AvgIpc) is 2.96. The van der Waals surface area contributed by atoms with Gasteiger partial charge in [-0.05, 0) is 12.8 Å². The largest absolute Gasteiger partial charge is 0.346 e. The summed E-state index contributed by atoms with van der Waals surface area (Å²) in [5.41, 5.74) is 0. The van der Waals surface area contributed by atoms with Crippen molar-refractivity contribution in [2.45, 2.75) is 226 Å². The Balaban J connectivity index is 3.26. The highest BCUT2D eigenvalue weighted by atomic mass is 16.2. The van der Waals surface area contributed by atoms with E-state index in [0.717, 1.165) is 19.4 Å². The number of amides is 1. The lowest BCUT2D eigenvalue weighted by atomic mass is 10.0. The third-order valence-corrected chi connectivity index (χ3v) is 9.02. The van der Waals surface area contributed by atoms with E-state index < -0.39 is 0 Å². The Bertz CT molecular complexity index is 476. The predicted molar refractivity (Wildman–Crippen MR) is 181 cm³/mol. The second-order valence-electron chi connectivity index (χ2n) is 13.2. The Morgan fingerprint density at radius 1 is 0.350 bits per heavy atom. The molecule has 0 aliphatic heterocycles. The molecule has 1 amide bonds. The standard InChI is InChI=1S/C38H77NO/c1-4-6-8-10-12-14-16-18-20-21-23-25-27-29-31-33-35-37-39(3)38(40)36-34-32-30-28-26-24-22-19-17-15-13-11-9-7-5-2/h4-37H2,1-3H3. The SMILES string of the molecule is CCCCCCCCCCCCCCCCCCCN(C)C(=O)CCCCCCCCCCCCCCCCC. The normalized spacial score (nSPS) is 11.4. The first-order valence-electron chi connectivity index (χ1n) is 19.0. The molecule has 0 spiro atoms. The fourth-order valence-corrected chi connectivity index (χ4v) is 6.04. The van der Waals surface area contributed by atoms with Crippen LogP contribution in [0.3, 0.4) is 0 Å². The van der Waals surface area contributed by atoms with Crippen LogP contribution in [-0.4, -0.2) is 24.4 Å². The third-order valence-electron chi connectivity index (χ3n) is 9.02. The maximum Gasteiger partial charge on any atom is 0.222 e. The van der Waals surface area contributed by atoms with Crippen LogP contribution in [0, 0.1) is 0 Å². The van der Waals surface area contributed by atoms with Gasteiger partial charge in [-0.15, -0.1) is 0 Å². The first kappa shape index (κ1) is 39.5. The molecule has 2 heteroatoms. The van der Waals surface area contributed by atoms with E-state index in [0.29, 0.717) is 5.91 Å². The van der Waals surface area contributed by atoms with E-state index in [4.69, 9.17) is 0 Å². The molecular weight excluding hydrogens is 486 g/mol. The summed E-state index contributed by atoms with van der Waals surface area (Å²) >= 11 is 0. The van der Waals surface area contributed by atoms with Crippen LogP contribution in [0.5, 0.6) is 0 Å². The molecule has 0 bridgehead atoms. The number of nitrogens with zero attached hydrogens (tertiary/aromatic N) is 1. The minimum atomic E-state index is 0.367. The van der Waals surface area contributed by atoms with Crippen molar-refractivity contribution in [3.8, 4) is 0 Å². The summed E-state index contributed by atoms with van der Waals surface area (Å²) in [6, 6.07) is 0. The van der Waals surface area contributed by atoms with Gasteiger partial charge in [-0.1, -0.05) is 206 Å². The predicted octanol–water partition coefficient (Wildman–Crippen LogP) is 13.4. The van der Waals surface area contributed by atoms with Crippen molar-refractivity contribution in [2.24, 2.45) is 0 Å². The van der Waals surface area contributed by atoms with E-state index in [9.17, 15) is 4.79 Å². The van der Waals surface area contributed by atoms with Gasteiger partial charge in [0.1, 0.15) is 0 Å². The maximum absolute atomic E-state index is 12.4. The number of hydrogen-bond donors (Lipinski definition) is 0. The van der Waals surface area contributed by atoms with E-state index in [-0.39, 0.29) is 0 Å². The molecular formula is C38H77NO. The zero-order chi connectivity index (χ0) is 29.2. The molecule has 0 saturated carbocycles. The molecule has 0 aliphatic carbocycles. The van der Waals surface area contributed by atoms with Crippen LogP contribution in [-0.2, 0) is 4.79 Å². The monoisotopic (exact) mass is 564 g/mol. The van der Waals surface area contributed by atoms with Crippen molar-refractivity contribution in [1.29, 1.82) is 0 Å². The summed E-state index contributed by atoms with van der Waals surface area (Å²) in [6.45, 7) is 5.55. The van der Waals surface area contributed by atoms with Gasteiger partial charge in [0.15, 0.2) is 0 Å². The molecule has 0 aromatic heterocycles. The molecule has 2 nitrogen and oxygen atoms in total. The lowest BCUT2D eigenvalue weighted by Crippen LogP contribution is -2.27. The second kappa shape index (κ2) is 34.7. The van der Waals surface area contributed by atoms with Crippen LogP contribution < -0.4 is 0 Å². The minimum absolute atomic E-state index is 0.367. The maximum atomic E-state index is 12.4. The van der Waals surface area contributed by atoms with Crippen molar-refractivity contribution in [1.82, 2.24) is 4.90 Å². The summed E-state index contributed by atoms with van der Waals surface area (Å²) in [4.78, 5) is 14.4. The van der Waals surface area contributed by atoms with Gasteiger partial charge in [0.2, 0.25) is 5.91 Å². The van der Waals surface area contributed by atoms with Crippen LogP contribution in [0.25, 0.3) is 0 Å². The lowest BCUT2D eigenvalue weighted by Gasteiger charge is -2.17. The molecule has 0 aromatic rings. The van der Waals surface area contributed by atoms with Crippen LogP contribution in [0.15, 0.2) is 0 Å². The molecule has 0 saturated heterocycles. The highest BCUT2D eigenvalue weighted by Gasteiger charge is 2.07. The van der Waals surface area contributed by atoms with Gasteiger partial charge in [-0.2, -0.15) is 0 Å². The van der Waals surface area contributed by atoms with Crippen LogP contribution in [0.1, 0.15) is 226 Å². The van der Waals surface area contributed by atoms with Crippen molar-refractivity contribution >= 4 is 5.91 Å². The van der Waals surface area contributed by atoms with Gasteiger partial charge < -0.3 is 4.90 Å². The molecule has 0 atom stereocenters. The Morgan fingerprint density at radius 3 is 0.850 bits per heavy atom. The van der Waals surface area contributed by atoms with Crippen molar-refractivity contribution in [3.63, 3.8) is 0 Å². The Kier molecular flexibility index (Phi) is 34.2. The zero-order valence-corrected chi connectivity index (χ0v) is 28.4. The highest BCUT2D eigenvalue weighted by molar-refractivity contribution is 5.75. The quantitative estimate of drug-likeness (QED) is 0.0713. The number of rotatable bonds is 34. The summed E-state index contributed by atoms with van der Waals surface area (Å²) in [5.74, 6) is 0.367. The third kappa shape index (κ3) is 32.0. The molecule has 0 heterocycles. The van der Waals surface area contributed by atoms with Crippen molar-refractivity contribution in [2.75, 3.05) is 13.6 Å². The molecule has 240 valence electrons. The van der Waals surface area contributed by atoms with Crippen LogP contribution in [0.2, 0.25) is 0 Å². The fraction of sp³-hybridized carbons (Fsp3) is 0.974. The topological polar surface area (TPSA) is 20.3 Å². The van der Waals surface area contributed by atoms with Gasteiger partial charge >= 0.3 is 0 Å². The summed E-state index contributed by atoms with van der Waals surface area (Å²) < 4.78 is 0. The second-order valence-corrected chi connectivity index (χ2v) is 13.2. The number of unbranched alkanes of at least 4 members (excludes halogenated alkanes) is 30. The van der Waals surface area contributed by atoms with Gasteiger partial charge in [0.05, 0.1) is 0 Å². The van der Waals surface area contributed by atoms with Crippen LogP contribution >= 0.6 is 0 Å². The van der Waals surface area contributed by atoms with E-state index in [1.807, 2.05) is 11.9 Å². The number of carbonyl (C=O) groups is 1. The zero-order valence-electron chi connectivity index (χ0n) is 28.4. The number of carbonyl (C=O) groups excluding carboxylic acids is 1. The van der Waals surface area contributed by atoms with Gasteiger partial charge in [-0.3, -0.25) is 4.79 Å². The Labute approximate surface area is 254 Å². The fourth-order valence-electron chi connectivity index (χ4n) is 6.04. The van der Waals surface area contributed by atoms with E-state index in [1.165, 1.54) is 199 Å². The summed E-state index contributed by atoms with van der Waals surface area (Å²) in [5, 5.41) is 0. The molecule has 0 unspecified atom stereocenters. The summed E-state index contributed by atoms with van der Waals surface area (Å²) in [7, 11) is 2.01. The first-order chi connectivity index (χ1) is 19.7. The Hall–Kier alpha value is -0.530.